The molecule has 3 heterocycles. The zero-order valence-electron chi connectivity index (χ0n) is 14.0. The van der Waals surface area contributed by atoms with Gasteiger partial charge in [0, 0.05) is 38.0 Å². The van der Waals surface area contributed by atoms with Gasteiger partial charge >= 0.3 is 0 Å². The molecular weight excluding hydrogens is 274 g/mol. The second-order valence-corrected chi connectivity index (χ2v) is 7.70. The third-order valence-electron chi connectivity index (χ3n) is 6.36. The van der Waals surface area contributed by atoms with Crippen LogP contribution in [0.2, 0.25) is 0 Å². The fraction of sp³-hybridized carbons (Fsp3) is 0.944. The topological polar surface area (TPSA) is 36.9 Å². The van der Waals surface area contributed by atoms with Crippen molar-refractivity contribution in [2.75, 3.05) is 26.2 Å². The third-order valence-corrected chi connectivity index (χ3v) is 6.36. The molecule has 4 rings (SSSR count). The summed E-state index contributed by atoms with van der Waals surface area (Å²) < 4.78 is 6.09. The summed E-state index contributed by atoms with van der Waals surface area (Å²) in [5, 5.41) is 3.52. The van der Waals surface area contributed by atoms with Gasteiger partial charge in [0.2, 0.25) is 0 Å². The first-order chi connectivity index (χ1) is 10.8. The van der Waals surface area contributed by atoms with Crippen LogP contribution in [0, 0.1) is 17.8 Å². The normalized spacial score (nSPS) is 38.0. The van der Waals surface area contributed by atoms with Gasteiger partial charge in [-0.05, 0) is 32.1 Å². The molecule has 4 fully saturated rings. The molecule has 0 spiro atoms. The molecule has 2 bridgehead atoms. The number of ether oxygens (including phenoxy) is 1. The van der Waals surface area contributed by atoms with Crippen molar-refractivity contribution in [3.8, 4) is 0 Å². The summed E-state index contributed by atoms with van der Waals surface area (Å²) in [4.78, 5) is 7.46. The molecule has 0 radical (unpaired) electrons. The maximum Gasteiger partial charge on any atom is 0.193 e. The third kappa shape index (κ3) is 2.75. The fourth-order valence-electron chi connectivity index (χ4n) is 5.21. The number of nitrogens with zero attached hydrogens (tertiary/aromatic N) is 2. The first-order valence-electron chi connectivity index (χ1n) is 9.54. The lowest BCUT2D eigenvalue weighted by Gasteiger charge is -2.23. The van der Waals surface area contributed by atoms with E-state index in [-0.39, 0.29) is 0 Å². The molecule has 3 saturated heterocycles. The molecule has 4 unspecified atom stereocenters. The highest BCUT2D eigenvalue weighted by Gasteiger charge is 2.53. The predicted molar refractivity (Wildman–Crippen MR) is 89.0 cm³/mol. The first kappa shape index (κ1) is 14.8. The number of likely N-dealkylation sites (tertiary alicyclic amines) is 1. The molecule has 4 aliphatic rings. The molecule has 4 nitrogen and oxygen atoms in total. The van der Waals surface area contributed by atoms with E-state index in [4.69, 9.17) is 9.73 Å². The summed E-state index contributed by atoms with van der Waals surface area (Å²) in [6.45, 7) is 6.46. The van der Waals surface area contributed by atoms with E-state index in [0.717, 1.165) is 49.9 Å². The summed E-state index contributed by atoms with van der Waals surface area (Å²) in [7, 11) is 0. The Labute approximate surface area is 134 Å². The van der Waals surface area contributed by atoms with Crippen LogP contribution in [0.3, 0.4) is 0 Å². The van der Waals surface area contributed by atoms with Crippen LogP contribution >= 0.6 is 0 Å². The van der Waals surface area contributed by atoms with E-state index < -0.39 is 0 Å². The van der Waals surface area contributed by atoms with Gasteiger partial charge in [-0.1, -0.05) is 25.7 Å². The van der Waals surface area contributed by atoms with Crippen molar-refractivity contribution in [2.45, 2.75) is 64.1 Å². The molecule has 1 N–H and O–H groups in total. The summed E-state index contributed by atoms with van der Waals surface area (Å²) >= 11 is 0. The number of hydrogen-bond acceptors (Lipinski definition) is 2. The van der Waals surface area contributed by atoms with Crippen molar-refractivity contribution in [1.82, 2.24) is 10.2 Å². The Kier molecular flexibility index (Phi) is 4.29. The second kappa shape index (κ2) is 6.38. The van der Waals surface area contributed by atoms with E-state index in [1.165, 1.54) is 44.9 Å². The van der Waals surface area contributed by atoms with Crippen LogP contribution in [-0.4, -0.2) is 49.2 Å². The maximum atomic E-state index is 6.09. The highest BCUT2D eigenvalue weighted by Crippen LogP contribution is 2.47. The Morgan fingerprint density at radius 3 is 2.41 bits per heavy atom. The lowest BCUT2D eigenvalue weighted by atomic mass is 9.82. The highest BCUT2D eigenvalue weighted by atomic mass is 16.5. The summed E-state index contributed by atoms with van der Waals surface area (Å²) in [5.74, 6) is 3.62. The van der Waals surface area contributed by atoms with Crippen molar-refractivity contribution in [3.63, 3.8) is 0 Å². The SMILES string of the molecule is CCNC(=NCCC1CCCC1)N1CC2C3CCC(O3)C2C1. The molecule has 124 valence electrons. The fourth-order valence-corrected chi connectivity index (χ4v) is 5.21. The van der Waals surface area contributed by atoms with Gasteiger partial charge in [0.05, 0.1) is 12.2 Å². The van der Waals surface area contributed by atoms with Crippen molar-refractivity contribution < 1.29 is 4.74 Å². The molecule has 1 aliphatic carbocycles. The minimum Gasteiger partial charge on any atom is -0.374 e. The Balaban J connectivity index is 1.35. The van der Waals surface area contributed by atoms with Gasteiger partial charge in [0.1, 0.15) is 0 Å². The van der Waals surface area contributed by atoms with E-state index >= 15 is 0 Å². The average molecular weight is 305 g/mol. The number of guanidine groups is 1. The van der Waals surface area contributed by atoms with Crippen LogP contribution in [0.25, 0.3) is 0 Å². The Morgan fingerprint density at radius 1 is 1.09 bits per heavy atom. The van der Waals surface area contributed by atoms with Gasteiger partial charge in [-0.2, -0.15) is 0 Å². The van der Waals surface area contributed by atoms with Gasteiger partial charge in [-0.15, -0.1) is 0 Å². The van der Waals surface area contributed by atoms with Crippen LogP contribution in [-0.2, 0) is 4.74 Å². The lowest BCUT2D eigenvalue weighted by molar-refractivity contribution is 0.0767. The van der Waals surface area contributed by atoms with Gasteiger partial charge in [-0.3, -0.25) is 4.99 Å². The molecule has 4 heteroatoms. The zero-order valence-corrected chi connectivity index (χ0v) is 14.0. The Bertz CT molecular complexity index is 401. The van der Waals surface area contributed by atoms with E-state index in [2.05, 4.69) is 17.1 Å². The molecule has 3 aliphatic heterocycles. The van der Waals surface area contributed by atoms with E-state index in [1.54, 1.807) is 0 Å². The van der Waals surface area contributed by atoms with Crippen LogP contribution in [0.15, 0.2) is 4.99 Å². The van der Waals surface area contributed by atoms with Crippen molar-refractivity contribution in [3.05, 3.63) is 0 Å². The zero-order chi connectivity index (χ0) is 14.9. The van der Waals surface area contributed by atoms with Gasteiger partial charge in [0.15, 0.2) is 5.96 Å². The molecule has 0 aromatic carbocycles. The van der Waals surface area contributed by atoms with Crippen molar-refractivity contribution in [2.24, 2.45) is 22.7 Å². The predicted octanol–water partition coefficient (Wildman–Crippen LogP) is 2.64. The number of fused-ring (bicyclic) bond motifs is 5. The molecule has 0 amide bonds. The molecule has 4 atom stereocenters. The van der Waals surface area contributed by atoms with E-state index in [0.29, 0.717) is 12.2 Å². The average Bonchev–Trinajstić information content (AvgIpc) is 3.27. The summed E-state index contributed by atoms with van der Waals surface area (Å²) in [6.07, 6.45) is 10.7. The van der Waals surface area contributed by atoms with Crippen LogP contribution in [0.1, 0.15) is 51.9 Å². The van der Waals surface area contributed by atoms with Crippen molar-refractivity contribution in [1.29, 1.82) is 0 Å². The standard InChI is InChI=1S/C18H31N3O/c1-2-19-18(20-10-9-13-5-3-4-6-13)21-11-14-15(12-21)17-8-7-16(14)22-17/h13-17H,2-12H2,1H3,(H,19,20). The molecule has 0 aromatic rings. The summed E-state index contributed by atoms with van der Waals surface area (Å²) in [6, 6.07) is 0. The molecule has 22 heavy (non-hydrogen) atoms. The van der Waals surface area contributed by atoms with Gasteiger partial charge < -0.3 is 15.0 Å². The van der Waals surface area contributed by atoms with Crippen molar-refractivity contribution >= 4 is 5.96 Å². The van der Waals surface area contributed by atoms with Gasteiger partial charge in [0.25, 0.3) is 0 Å². The number of aliphatic imine (C=N–C) groups is 1. The second-order valence-electron chi connectivity index (χ2n) is 7.70. The smallest absolute Gasteiger partial charge is 0.193 e. The van der Waals surface area contributed by atoms with E-state index in [1.807, 2.05) is 0 Å². The maximum absolute atomic E-state index is 6.09. The largest absolute Gasteiger partial charge is 0.374 e. The number of rotatable bonds is 4. The Hall–Kier alpha value is -0.770. The molecular formula is C18H31N3O. The minimum absolute atomic E-state index is 0.543. The van der Waals surface area contributed by atoms with E-state index in [9.17, 15) is 0 Å². The molecule has 1 saturated carbocycles. The lowest BCUT2D eigenvalue weighted by Crippen LogP contribution is -2.41. The molecule has 0 aromatic heterocycles. The van der Waals surface area contributed by atoms with Crippen LogP contribution in [0.4, 0.5) is 0 Å². The van der Waals surface area contributed by atoms with Crippen LogP contribution in [0.5, 0.6) is 0 Å². The number of nitrogens with one attached hydrogen (secondary N) is 1. The Morgan fingerprint density at radius 2 is 1.77 bits per heavy atom. The number of hydrogen-bond donors (Lipinski definition) is 1. The monoisotopic (exact) mass is 305 g/mol. The quantitative estimate of drug-likeness (QED) is 0.641. The highest BCUT2D eigenvalue weighted by molar-refractivity contribution is 5.80. The van der Waals surface area contributed by atoms with Gasteiger partial charge in [-0.25, -0.2) is 0 Å². The van der Waals surface area contributed by atoms with Crippen LogP contribution < -0.4 is 5.32 Å². The minimum atomic E-state index is 0.543. The summed E-state index contributed by atoms with van der Waals surface area (Å²) in [5.41, 5.74) is 0. The first-order valence-corrected chi connectivity index (χ1v) is 9.54.